The second-order valence-electron chi connectivity index (χ2n) is 8.82. The molecule has 2 aromatic carbocycles. The molecule has 9 nitrogen and oxygen atoms in total. The summed E-state index contributed by atoms with van der Waals surface area (Å²) in [5.74, 6) is 2.07. The van der Waals surface area contributed by atoms with Crippen LogP contribution in [0.4, 0.5) is 0 Å². The molecule has 182 valence electrons. The fourth-order valence-electron chi connectivity index (χ4n) is 4.63. The van der Waals surface area contributed by atoms with Gasteiger partial charge in [-0.15, -0.1) is 10.2 Å². The van der Waals surface area contributed by atoms with Crippen LogP contribution in [0.25, 0.3) is 33.7 Å². The summed E-state index contributed by atoms with van der Waals surface area (Å²) in [6, 6.07) is 13.8. The highest BCUT2D eigenvalue weighted by atomic mass is 79.9. The summed E-state index contributed by atoms with van der Waals surface area (Å²) in [6.07, 6.45) is 2.85. The van der Waals surface area contributed by atoms with Gasteiger partial charge in [0.1, 0.15) is 17.2 Å². The first-order valence-electron chi connectivity index (χ1n) is 11.8. The number of fused-ring (bicyclic) bond motifs is 1. The lowest BCUT2D eigenvalue weighted by Crippen LogP contribution is -2.15. The summed E-state index contributed by atoms with van der Waals surface area (Å²) in [5, 5.41) is 15.4. The molecule has 1 saturated carbocycles. The third-order valence-electron chi connectivity index (χ3n) is 6.52. The Bertz CT molecular complexity index is 1580. The molecule has 10 heteroatoms. The van der Waals surface area contributed by atoms with E-state index in [4.69, 9.17) is 14.1 Å². The summed E-state index contributed by atoms with van der Waals surface area (Å²) >= 11 is 3.76. The summed E-state index contributed by atoms with van der Waals surface area (Å²) in [7, 11) is 1.42. The monoisotopic (exact) mass is 546 g/mol. The Morgan fingerprint density at radius 1 is 1.22 bits per heavy atom. The van der Waals surface area contributed by atoms with Gasteiger partial charge in [-0.05, 0) is 51.7 Å². The number of halogens is 1. The van der Waals surface area contributed by atoms with Crippen LogP contribution in [0.2, 0.25) is 0 Å². The van der Waals surface area contributed by atoms with E-state index < -0.39 is 0 Å². The molecule has 0 bridgehead atoms. The number of nitrogens with zero attached hydrogens (tertiary/aromatic N) is 5. The molecule has 5 aromatic rings. The molecular formula is C26H23BrN6O3. The van der Waals surface area contributed by atoms with Gasteiger partial charge in [0.25, 0.3) is 0 Å². The number of carbonyl (C=O) groups excluding carboxylic acids is 1. The molecule has 0 atom stereocenters. The summed E-state index contributed by atoms with van der Waals surface area (Å²) < 4.78 is 14.2. The van der Waals surface area contributed by atoms with Crippen molar-refractivity contribution >= 4 is 32.9 Å². The fourth-order valence-corrected chi connectivity index (χ4v) is 5.24. The van der Waals surface area contributed by atoms with Crippen LogP contribution in [-0.2, 0) is 17.7 Å². The van der Waals surface area contributed by atoms with Crippen LogP contribution < -0.4 is 0 Å². The van der Waals surface area contributed by atoms with Gasteiger partial charge in [-0.1, -0.05) is 37.3 Å². The highest BCUT2D eigenvalue weighted by Crippen LogP contribution is 2.43. The highest BCUT2D eigenvalue weighted by molar-refractivity contribution is 9.10. The number of nitrogens with one attached hydrogen (secondary N) is 1. The SMILES string of the molecule is CCc1nc(C2CC2)c(C(=O)OC)n1Cc1ccc2oc(-c3ccccc3-c3nn[nH]n3)c(Br)c2c1. The highest BCUT2D eigenvalue weighted by Gasteiger charge is 2.34. The van der Waals surface area contributed by atoms with E-state index in [9.17, 15) is 4.79 Å². The van der Waals surface area contributed by atoms with Crippen molar-refractivity contribution in [3.8, 4) is 22.7 Å². The van der Waals surface area contributed by atoms with Crippen molar-refractivity contribution in [3.63, 3.8) is 0 Å². The minimum atomic E-state index is -0.338. The number of aromatic amines is 1. The van der Waals surface area contributed by atoms with Crippen molar-refractivity contribution in [2.45, 2.75) is 38.6 Å². The summed E-state index contributed by atoms with van der Waals surface area (Å²) in [5.41, 5.74) is 4.88. The number of imidazole rings is 1. The number of ether oxygens (including phenoxy) is 1. The van der Waals surface area contributed by atoms with E-state index in [0.717, 1.165) is 62.9 Å². The van der Waals surface area contributed by atoms with E-state index in [0.29, 0.717) is 29.7 Å². The lowest BCUT2D eigenvalue weighted by atomic mass is 10.0. The third-order valence-corrected chi connectivity index (χ3v) is 7.31. The van der Waals surface area contributed by atoms with Gasteiger partial charge in [0, 0.05) is 35.4 Å². The average molecular weight is 547 g/mol. The molecule has 3 aromatic heterocycles. The van der Waals surface area contributed by atoms with Crippen molar-refractivity contribution in [2.75, 3.05) is 7.11 Å². The number of H-pyrrole nitrogens is 1. The number of benzene rings is 2. The van der Waals surface area contributed by atoms with E-state index in [1.807, 2.05) is 41.0 Å². The predicted molar refractivity (Wildman–Crippen MR) is 137 cm³/mol. The van der Waals surface area contributed by atoms with Gasteiger partial charge in [0.05, 0.1) is 17.3 Å². The van der Waals surface area contributed by atoms with Gasteiger partial charge < -0.3 is 13.7 Å². The zero-order valence-electron chi connectivity index (χ0n) is 19.8. The minimum absolute atomic E-state index is 0.338. The van der Waals surface area contributed by atoms with Gasteiger partial charge >= 0.3 is 5.97 Å². The standard InChI is InChI=1S/C26H23BrN6O3/c1-3-20-28-22(15-9-10-15)23(26(34)35-2)33(20)13-14-8-11-19-18(12-14)21(27)24(36-19)16-6-4-5-7-17(16)25-29-31-32-30-25/h4-8,11-12,15H,3,9-10,13H2,1-2H3,(H,29,30,31,32). The van der Waals surface area contributed by atoms with E-state index >= 15 is 0 Å². The molecule has 36 heavy (non-hydrogen) atoms. The van der Waals surface area contributed by atoms with Crippen LogP contribution in [0.1, 0.15) is 53.3 Å². The van der Waals surface area contributed by atoms with Crippen molar-refractivity contribution in [3.05, 3.63) is 69.7 Å². The van der Waals surface area contributed by atoms with Crippen LogP contribution in [-0.4, -0.2) is 43.3 Å². The second kappa shape index (κ2) is 9.02. The van der Waals surface area contributed by atoms with Crippen LogP contribution in [0.5, 0.6) is 0 Å². The van der Waals surface area contributed by atoms with Gasteiger partial charge in [0.15, 0.2) is 5.69 Å². The number of hydrogen-bond acceptors (Lipinski definition) is 7. The molecule has 6 rings (SSSR count). The Morgan fingerprint density at radius 3 is 2.72 bits per heavy atom. The number of tetrazole rings is 1. The van der Waals surface area contributed by atoms with Crippen LogP contribution in [0, 0.1) is 0 Å². The molecule has 0 spiro atoms. The van der Waals surface area contributed by atoms with Crippen LogP contribution >= 0.6 is 15.9 Å². The number of hydrogen-bond donors (Lipinski definition) is 1. The maximum absolute atomic E-state index is 12.7. The van der Waals surface area contributed by atoms with E-state index in [1.165, 1.54) is 7.11 Å². The molecule has 0 amide bonds. The molecule has 3 heterocycles. The Labute approximate surface area is 215 Å². The number of methoxy groups -OCH3 is 1. The van der Waals surface area contributed by atoms with E-state index in [-0.39, 0.29) is 5.97 Å². The molecule has 0 aliphatic heterocycles. The number of esters is 1. The summed E-state index contributed by atoms with van der Waals surface area (Å²) in [4.78, 5) is 17.6. The Hall–Kier alpha value is -3.79. The van der Waals surface area contributed by atoms with E-state index in [2.05, 4.69) is 49.5 Å². The molecule has 0 saturated heterocycles. The van der Waals surface area contributed by atoms with Gasteiger partial charge in [-0.2, -0.15) is 5.21 Å². The molecule has 1 fully saturated rings. The number of rotatable bonds is 7. The third kappa shape index (κ3) is 3.81. The fraction of sp³-hybridized carbons (Fsp3) is 0.269. The van der Waals surface area contributed by atoms with Crippen molar-refractivity contribution < 1.29 is 13.9 Å². The Balaban J connectivity index is 1.42. The zero-order chi connectivity index (χ0) is 24.8. The first-order chi connectivity index (χ1) is 17.6. The smallest absolute Gasteiger partial charge is 0.356 e. The minimum Gasteiger partial charge on any atom is -0.464 e. The number of aryl methyl sites for hydroxylation is 1. The Kier molecular flexibility index (Phi) is 5.67. The molecule has 1 N–H and O–H groups in total. The first kappa shape index (κ1) is 22.7. The normalized spacial score (nSPS) is 13.4. The molecule has 0 radical (unpaired) electrons. The lowest BCUT2D eigenvalue weighted by molar-refractivity contribution is 0.0587. The molecule has 0 unspecified atom stereocenters. The largest absolute Gasteiger partial charge is 0.464 e. The van der Waals surface area contributed by atoms with Gasteiger partial charge in [0.2, 0.25) is 5.82 Å². The molecule has 1 aliphatic rings. The quantitative estimate of drug-likeness (QED) is 0.267. The van der Waals surface area contributed by atoms with Gasteiger partial charge in [-0.25, -0.2) is 9.78 Å². The summed E-state index contributed by atoms with van der Waals surface area (Å²) in [6.45, 7) is 2.57. The average Bonchev–Trinajstić information content (AvgIpc) is 3.33. The maximum Gasteiger partial charge on any atom is 0.356 e. The second-order valence-corrected chi connectivity index (χ2v) is 9.62. The number of aromatic nitrogens is 6. The van der Waals surface area contributed by atoms with E-state index in [1.54, 1.807) is 0 Å². The maximum atomic E-state index is 12.7. The van der Waals surface area contributed by atoms with Crippen LogP contribution in [0.3, 0.4) is 0 Å². The predicted octanol–water partition coefficient (Wildman–Crippen LogP) is 5.51. The van der Waals surface area contributed by atoms with Crippen molar-refractivity contribution in [1.82, 2.24) is 30.2 Å². The topological polar surface area (TPSA) is 112 Å². The van der Waals surface area contributed by atoms with Crippen molar-refractivity contribution in [1.29, 1.82) is 0 Å². The number of furan rings is 1. The molecule has 1 aliphatic carbocycles. The molecular weight excluding hydrogens is 524 g/mol. The van der Waals surface area contributed by atoms with Crippen molar-refractivity contribution in [2.24, 2.45) is 0 Å². The first-order valence-corrected chi connectivity index (χ1v) is 12.6. The van der Waals surface area contributed by atoms with Crippen LogP contribution in [0.15, 0.2) is 51.4 Å². The van der Waals surface area contributed by atoms with Gasteiger partial charge in [-0.3, -0.25) is 0 Å². The zero-order valence-corrected chi connectivity index (χ0v) is 21.4. The number of carbonyl (C=O) groups is 1. The lowest BCUT2D eigenvalue weighted by Gasteiger charge is -2.11. The Morgan fingerprint density at radius 2 is 2.03 bits per heavy atom.